The first-order valence-electron chi connectivity index (χ1n) is 7.61. The fourth-order valence-corrected chi connectivity index (χ4v) is 9.74. The van der Waals surface area contributed by atoms with Gasteiger partial charge in [-0.2, -0.15) is 0 Å². The van der Waals surface area contributed by atoms with E-state index in [1.54, 1.807) is 0 Å². The maximum Gasteiger partial charge on any atom is 0.200 e. The summed E-state index contributed by atoms with van der Waals surface area (Å²) in [5, 5.41) is 0. The molecule has 1 aliphatic rings. The zero-order valence-corrected chi connectivity index (χ0v) is 16.0. The van der Waals surface area contributed by atoms with Crippen molar-refractivity contribution >= 4 is 37.3 Å². The molecule has 118 valence electrons. The van der Waals surface area contributed by atoms with Gasteiger partial charge in [-0.15, -0.1) is 0 Å². The lowest BCUT2D eigenvalue weighted by Crippen LogP contribution is -2.50. The molecule has 1 aliphatic carbocycles. The topological polar surface area (TPSA) is 26.3 Å². The standard InChI is InChI=1S/C15H28Cl2O2Si/c1-10(2)20(11(3)4,12(5)6)19-8-7-13-9-14(18)15(13,16)17/h10-13H,7-9H2,1-6H3/t13-/m1/s1. The minimum atomic E-state index is -1.82. The second-order valence-electron chi connectivity index (χ2n) is 6.90. The van der Waals surface area contributed by atoms with Crippen LogP contribution in [0.4, 0.5) is 0 Å². The molecule has 1 fully saturated rings. The summed E-state index contributed by atoms with van der Waals surface area (Å²) in [6.45, 7) is 14.3. The van der Waals surface area contributed by atoms with Crippen LogP contribution in [0.3, 0.4) is 0 Å². The first-order valence-corrected chi connectivity index (χ1v) is 10.5. The van der Waals surface area contributed by atoms with E-state index in [-0.39, 0.29) is 11.7 Å². The van der Waals surface area contributed by atoms with E-state index in [4.69, 9.17) is 27.6 Å². The Morgan fingerprint density at radius 3 is 1.90 bits per heavy atom. The Labute approximate surface area is 134 Å². The molecule has 5 heteroatoms. The molecule has 0 amide bonds. The maximum absolute atomic E-state index is 11.4. The van der Waals surface area contributed by atoms with Crippen molar-refractivity contribution in [2.75, 3.05) is 6.61 Å². The normalized spacial score (nSPS) is 22.8. The molecule has 0 saturated heterocycles. The molecule has 0 heterocycles. The lowest BCUT2D eigenvalue weighted by molar-refractivity contribution is -0.128. The van der Waals surface area contributed by atoms with Crippen LogP contribution in [0.15, 0.2) is 0 Å². The third-order valence-corrected chi connectivity index (χ3v) is 12.0. The third-order valence-electron chi connectivity index (χ3n) is 4.84. The summed E-state index contributed by atoms with van der Waals surface area (Å²) in [5.74, 6) is 0.00226. The van der Waals surface area contributed by atoms with Gasteiger partial charge in [0, 0.05) is 18.9 Å². The minimum absolute atomic E-state index is 0.0501. The van der Waals surface area contributed by atoms with E-state index in [1.165, 1.54) is 0 Å². The van der Waals surface area contributed by atoms with Crippen LogP contribution in [-0.4, -0.2) is 25.0 Å². The summed E-state index contributed by atoms with van der Waals surface area (Å²) in [7, 11) is -1.82. The number of alkyl halides is 2. The van der Waals surface area contributed by atoms with Crippen molar-refractivity contribution in [3.05, 3.63) is 0 Å². The number of Topliss-reactive ketones (excluding diaryl/α,β-unsaturated/α-hetero) is 1. The van der Waals surface area contributed by atoms with Gasteiger partial charge >= 0.3 is 0 Å². The van der Waals surface area contributed by atoms with E-state index in [9.17, 15) is 4.79 Å². The zero-order chi connectivity index (χ0) is 15.7. The van der Waals surface area contributed by atoms with Crippen molar-refractivity contribution < 1.29 is 9.22 Å². The molecule has 1 saturated carbocycles. The Hall–Kier alpha value is 0.427. The largest absolute Gasteiger partial charge is 0.416 e. The molecular formula is C15H28Cl2O2Si. The monoisotopic (exact) mass is 338 g/mol. The van der Waals surface area contributed by atoms with Crippen molar-refractivity contribution in [3.63, 3.8) is 0 Å². The maximum atomic E-state index is 11.4. The number of hydrogen-bond donors (Lipinski definition) is 0. The Kier molecular flexibility index (Phi) is 6.17. The van der Waals surface area contributed by atoms with Crippen LogP contribution in [0.5, 0.6) is 0 Å². The Morgan fingerprint density at radius 1 is 1.15 bits per heavy atom. The fourth-order valence-electron chi connectivity index (χ4n) is 3.75. The highest BCUT2D eigenvalue weighted by molar-refractivity contribution is 6.77. The number of carbonyl (C=O) groups is 1. The van der Waals surface area contributed by atoms with E-state index >= 15 is 0 Å². The van der Waals surface area contributed by atoms with Crippen LogP contribution >= 0.6 is 23.2 Å². The average Bonchev–Trinajstić information content (AvgIpc) is 2.31. The van der Waals surface area contributed by atoms with E-state index < -0.39 is 12.7 Å². The van der Waals surface area contributed by atoms with Crippen molar-refractivity contribution in [2.45, 2.75) is 75.3 Å². The van der Waals surface area contributed by atoms with Crippen LogP contribution < -0.4 is 0 Å². The molecular weight excluding hydrogens is 311 g/mol. The molecule has 0 aromatic carbocycles. The molecule has 20 heavy (non-hydrogen) atoms. The number of rotatable bonds is 7. The second-order valence-corrected chi connectivity index (χ2v) is 13.7. The van der Waals surface area contributed by atoms with Gasteiger partial charge in [-0.25, -0.2) is 0 Å². The number of ketones is 1. The van der Waals surface area contributed by atoms with Gasteiger partial charge in [-0.3, -0.25) is 4.79 Å². The van der Waals surface area contributed by atoms with Crippen molar-refractivity contribution in [1.82, 2.24) is 0 Å². The SMILES string of the molecule is CC(C)[Si](OCC[C@@H]1CC(=O)C1(Cl)Cl)(C(C)C)C(C)C. The van der Waals surface area contributed by atoms with E-state index in [0.29, 0.717) is 29.7 Å². The molecule has 0 radical (unpaired) electrons. The van der Waals surface area contributed by atoms with Crippen LogP contribution in [0.25, 0.3) is 0 Å². The highest BCUT2D eigenvalue weighted by Gasteiger charge is 2.52. The number of halogens is 2. The Morgan fingerprint density at radius 2 is 1.60 bits per heavy atom. The summed E-state index contributed by atoms with van der Waals surface area (Å²) in [4.78, 5) is 11.4. The van der Waals surface area contributed by atoms with Gasteiger partial charge in [0.1, 0.15) is 0 Å². The molecule has 0 unspecified atom stereocenters. The predicted molar refractivity (Wildman–Crippen MR) is 89.2 cm³/mol. The smallest absolute Gasteiger partial charge is 0.200 e. The molecule has 0 aliphatic heterocycles. The van der Waals surface area contributed by atoms with Crippen LogP contribution in [0.2, 0.25) is 16.6 Å². The van der Waals surface area contributed by atoms with E-state index in [2.05, 4.69) is 41.5 Å². The van der Waals surface area contributed by atoms with Gasteiger partial charge in [0.2, 0.25) is 0 Å². The highest BCUT2D eigenvalue weighted by atomic mass is 35.5. The number of hydrogen-bond acceptors (Lipinski definition) is 2. The van der Waals surface area contributed by atoms with Crippen LogP contribution in [0, 0.1) is 5.92 Å². The third kappa shape index (κ3) is 3.26. The van der Waals surface area contributed by atoms with Gasteiger partial charge in [0.05, 0.1) is 0 Å². The quantitative estimate of drug-likeness (QED) is 0.463. The highest BCUT2D eigenvalue weighted by Crippen LogP contribution is 2.47. The molecule has 0 bridgehead atoms. The Bertz CT molecular complexity index is 332. The van der Waals surface area contributed by atoms with Crippen LogP contribution in [0.1, 0.15) is 54.4 Å². The van der Waals surface area contributed by atoms with Gasteiger partial charge in [0.25, 0.3) is 0 Å². The molecule has 0 spiro atoms. The summed E-state index contributed by atoms with van der Waals surface area (Å²) >= 11 is 12.1. The summed E-state index contributed by atoms with van der Waals surface area (Å²) in [5.41, 5.74) is 1.71. The second kappa shape index (κ2) is 6.68. The van der Waals surface area contributed by atoms with Crippen molar-refractivity contribution in [3.8, 4) is 0 Å². The summed E-state index contributed by atoms with van der Waals surface area (Å²) in [6, 6.07) is 0. The molecule has 0 N–H and O–H groups in total. The molecule has 1 rings (SSSR count). The lowest BCUT2D eigenvalue weighted by Gasteiger charge is -2.43. The van der Waals surface area contributed by atoms with Gasteiger partial charge in [-0.1, -0.05) is 64.7 Å². The lowest BCUT2D eigenvalue weighted by atomic mass is 9.80. The first kappa shape index (κ1) is 18.5. The zero-order valence-electron chi connectivity index (χ0n) is 13.5. The molecule has 2 nitrogen and oxygen atoms in total. The van der Waals surface area contributed by atoms with Crippen LogP contribution in [-0.2, 0) is 9.22 Å². The average molecular weight is 339 g/mol. The van der Waals surface area contributed by atoms with Gasteiger partial charge < -0.3 is 4.43 Å². The number of carbonyl (C=O) groups excluding carboxylic acids is 1. The molecule has 0 aromatic rings. The minimum Gasteiger partial charge on any atom is -0.416 e. The van der Waals surface area contributed by atoms with Gasteiger partial charge in [0.15, 0.2) is 18.4 Å². The van der Waals surface area contributed by atoms with E-state index in [0.717, 1.165) is 6.42 Å². The summed E-state index contributed by atoms with van der Waals surface area (Å²) < 4.78 is 5.29. The fraction of sp³-hybridized carbons (Fsp3) is 0.933. The Balaban J connectivity index is 2.63. The summed E-state index contributed by atoms with van der Waals surface area (Å²) in [6.07, 6.45) is 1.27. The van der Waals surface area contributed by atoms with E-state index in [1.807, 2.05) is 0 Å². The van der Waals surface area contributed by atoms with Crippen molar-refractivity contribution in [1.29, 1.82) is 0 Å². The van der Waals surface area contributed by atoms with Crippen molar-refractivity contribution in [2.24, 2.45) is 5.92 Å². The predicted octanol–water partition coefficient (Wildman–Crippen LogP) is 5.33. The van der Waals surface area contributed by atoms with Gasteiger partial charge in [-0.05, 0) is 23.0 Å². The molecule has 1 atom stereocenters. The molecule has 0 aromatic heterocycles. The first-order chi connectivity index (χ1) is 9.06.